The second-order valence-corrected chi connectivity index (χ2v) is 8.01. The van der Waals surface area contributed by atoms with Crippen molar-refractivity contribution in [2.75, 3.05) is 0 Å². The fourth-order valence-corrected chi connectivity index (χ4v) is 5.44. The van der Waals surface area contributed by atoms with E-state index in [1.54, 1.807) is 5.31 Å². The van der Waals surface area contributed by atoms with E-state index in [-0.39, 0.29) is 7.92 Å². The Morgan fingerprint density at radius 1 is 1.23 bits per heavy atom. The Kier molecular flexibility index (Phi) is 4.23. The van der Waals surface area contributed by atoms with Crippen LogP contribution in [0.4, 0.5) is 0 Å². The van der Waals surface area contributed by atoms with E-state index >= 15 is 0 Å². The van der Waals surface area contributed by atoms with Crippen LogP contribution in [0.15, 0.2) is 21.9 Å². The maximum absolute atomic E-state index is 4.14. The molecule has 0 N–H and O–H groups in total. The monoisotopic (exact) mass is 237 g/mol. The van der Waals surface area contributed by atoms with Crippen molar-refractivity contribution >= 4 is 7.92 Å². The first kappa shape index (κ1) is 11.5. The summed E-state index contributed by atoms with van der Waals surface area (Å²) in [6, 6.07) is 0. The zero-order chi connectivity index (χ0) is 10.0. The first-order chi connectivity index (χ1) is 6.04. The normalized spacial score (nSPS) is 17.2. The Morgan fingerprint density at radius 2 is 1.77 bits per heavy atom. The van der Waals surface area contributed by atoms with Gasteiger partial charge in [0.25, 0.3) is 0 Å². The van der Waals surface area contributed by atoms with Crippen LogP contribution >= 0.6 is 7.92 Å². The zero-order valence-electron chi connectivity index (χ0n) is 8.82. The van der Waals surface area contributed by atoms with E-state index in [0.29, 0.717) is 0 Å². The quantitative estimate of drug-likeness (QED) is 0.514. The van der Waals surface area contributed by atoms with E-state index in [1.165, 1.54) is 4.47 Å². The van der Waals surface area contributed by atoms with Gasteiger partial charge in [0.15, 0.2) is 0 Å². The second-order valence-electron chi connectivity index (χ2n) is 3.98. The predicted molar refractivity (Wildman–Crippen MR) is 58.0 cm³/mol. The molecule has 0 saturated heterocycles. The molecule has 1 rings (SSSR count). The van der Waals surface area contributed by atoms with Crippen molar-refractivity contribution < 1.29 is 16.0 Å². The van der Waals surface area contributed by atoms with Crippen LogP contribution in [-0.2, 0) is 16.0 Å². The van der Waals surface area contributed by atoms with Crippen molar-refractivity contribution in [3.05, 3.63) is 21.9 Å². The summed E-state index contributed by atoms with van der Waals surface area (Å²) in [5.41, 5.74) is 1.56. The van der Waals surface area contributed by atoms with Crippen LogP contribution in [0.2, 0.25) is 0 Å². The molecule has 0 aromatic rings. The van der Waals surface area contributed by atoms with Gasteiger partial charge in [0.2, 0.25) is 0 Å². The molecule has 0 atom stereocenters. The number of hydrogen-bond donors (Lipinski definition) is 0. The van der Waals surface area contributed by atoms with Crippen molar-refractivity contribution in [1.29, 1.82) is 0 Å². The summed E-state index contributed by atoms with van der Waals surface area (Å²) in [6.07, 6.45) is 5.62. The summed E-state index contributed by atoms with van der Waals surface area (Å²) < 4.78 is 1.36. The minimum absolute atomic E-state index is 0.0112. The van der Waals surface area contributed by atoms with Gasteiger partial charge in [-0.05, 0) is 0 Å². The third-order valence-electron chi connectivity index (χ3n) is 2.23. The van der Waals surface area contributed by atoms with Crippen LogP contribution in [0.1, 0.15) is 34.1 Å². The van der Waals surface area contributed by atoms with Gasteiger partial charge in [-0.3, -0.25) is 0 Å². The second kappa shape index (κ2) is 4.78. The SMILES string of the molecule is CC(C)P(C1=[C]([Fe])CC=C1)C(C)C. The molecule has 0 radical (unpaired) electrons. The molecule has 0 nitrogen and oxygen atoms in total. The summed E-state index contributed by atoms with van der Waals surface area (Å²) in [7, 11) is 0.0112. The molecule has 0 fully saturated rings. The minimum atomic E-state index is 0.0112. The van der Waals surface area contributed by atoms with Crippen molar-refractivity contribution in [2.24, 2.45) is 0 Å². The van der Waals surface area contributed by atoms with Gasteiger partial charge >= 0.3 is 91.3 Å². The molecule has 0 saturated carbocycles. The average Bonchev–Trinajstić information content (AvgIpc) is 2.35. The van der Waals surface area contributed by atoms with Gasteiger partial charge in [-0.2, -0.15) is 0 Å². The molecule has 1 aliphatic rings. The van der Waals surface area contributed by atoms with Gasteiger partial charge in [-0.15, -0.1) is 0 Å². The molecule has 0 aliphatic heterocycles. The Bertz CT molecular complexity index is 230. The van der Waals surface area contributed by atoms with Crippen LogP contribution in [0.25, 0.3) is 0 Å². The van der Waals surface area contributed by atoms with Gasteiger partial charge in [0.05, 0.1) is 0 Å². The topological polar surface area (TPSA) is 0 Å². The van der Waals surface area contributed by atoms with Gasteiger partial charge in [-0.1, -0.05) is 0 Å². The van der Waals surface area contributed by atoms with Crippen molar-refractivity contribution in [3.8, 4) is 0 Å². The molecule has 1 aliphatic carbocycles. The van der Waals surface area contributed by atoms with E-state index in [2.05, 4.69) is 55.9 Å². The molecule has 2 heteroatoms. The molecule has 0 unspecified atom stereocenters. The number of hydrogen-bond acceptors (Lipinski definition) is 0. The molecule has 0 heterocycles. The summed E-state index contributed by atoms with van der Waals surface area (Å²) in [5, 5.41) is 1.56. The molecule has 0 aromatic heterocycles. The molecule has 0 spiro atoms. The Balaban J connectivity index is 2.88. The summed E-state index contributed by atoms with van der Waals surface area (Å²) in [4.78, 5) is 0. The fraction of sp³-hybridized carbons (Fsp3) is 0.636. The third-order valence-corrected chi connectivity index (χ3v) is 6.15. The third kappa shape index (κ3) is 2.69. The van der Waals surface area contributed by atoms with E-state index in [0.717, 1.165) is 17.7 Å². The molecule has 0 amide bonds. The van der Waals surface area contributed by atoms with E-state index in [4.69, 9.17) is 0 Å². The first-order valence-corrected chi connectivity index (χ1v) is 6.89. The zero-order valence-corrected chi connectivity index (χ0v) is 10.8. The Hall–Kier alpha value is 0.429. The van der Waals surface area contributed by atoms with E-state index in [1.807, 2.05) is 0 Å². The molecule has 13 heavy (non-hydrogen) atoms. The van der Waals surface area contributed by atoms with Crippen LogP contribution < -0.4 is 0 Å². The molecule has 75 valence electrons. The van der Waals surface area contributed by atoms with Crippen molar-refractivity contribution in [2.45, 2.75) is 45.4 Å². The average molecular weight is 237 g/mol. The van der Waals surface area contributed by atoms with Gasteiger partial charge in [0, 0.05) is 0 Å². The van der Waals surface area contributed by atoms with E-state index in [9.17, 15) is 0 Å². The summed E-state index contributed by atoms with van der Waals surface area (Å²) in [6.45, 7) is 9.33. The first-order valence-electron chi connectivity index (χ1n) is 4.86. The van der Waals surface area contributed by atoms with Crippen molar-refractivity contribution in [3.63, 3.8) is 0 Å². The van der Waals surface area contributed by atoms with Crippen LogP contribution in [0.5, 0.6) is 0 Å². The molecular weight excluding hydrogens is 219 g/mol. The maximum atomic E-state index is 4.14. The van der Waals surface area contributed by atoms with Gasteiger partial charge < -0.3 is 0 Å². The molecular formula is C11H18FeP. The van der Waals surface area contributed by atoms with Gasteiger partial charge in [0.1, 0.15) is 0 Å². The fourth-order valence-electron chi connectivity index (χ4n) is 1.84. The number of rotatable bonds is 3. The summed E-state index contributed by atoms with van der Waals surface area (Å²) in [5.74, 6) is 0. The molecule has 0 bridgehead atoms. The van der Waals surface area contributed by atoms with Crippen LogP contribution in [0.3, 0.4) is 0 Å². The van der Waals surface area contributed by atoms with Gasteiger partial charge in [-0.25, -0.2) is 0 Å². The standard InChI is InChI=1S/C11H18P.Fe/c1-9(2)12(10(3)4)11-7-5-6-8-11;/h5,7,9-10H,6H2,1-4H3;. The predicted octanol–water partition coefficient (Wildman–Crippen LogP) is 4.00. The van der Waals surface area contributed by atoms with E-state index < -0.39 is 0 Å². The number of allylic oxidation sites excluding steroid dienone is 4. The van der Waals surface area contributed by atoms with Crippen LogP contribution in [-0.4, -0.2) is 11.3 Å². The Labute approximate surface area is 91.4 Å². The van der Waals surface area contributed by atoms with Crippen LogP contribution in [0, 0.1) is 0 Å². The van der Waals surface area contributed by atoms with Crippen molar-refractivity contribution in [1.82, 2.24) is 0 Å². The summed E-state index contributed by atoms with van der Waals surface area (Å²) >= 11 is 4.14. The molecule has 0 aromatic carbocycles. The Morgan fingerprint density at radius 3 is 2.08 bits per heavy atom.